The Morgan fingerprint density at radius 1 is 0.906 bits per heavy atom. The fraction of sp³-hybridized carbons (Fsp3) is 0.293. The normalized spacial score (nSPS) is 17.5. The Morgan fingerprint density at radius 3 is 2.40 bits per heavy atom. The van der Waals surface area contributed by atoms with E-state index in [0.717, 1.165) is 47.7 Å². The molecular weight excluding hydrogens is 692 g/mol. The third-order valence-electron chi connectivity index (χ3n) is 10.1. The minimum Gasteiger partial charge on any atom is -0.487 e. The average molecular weight is 727 g/mol. The molecule has 1 N–H and O–H groups in total. The Morgan fingerprint density at radius 2 is 1.66 bits per heavy atom. The molecule has 0 radical (unpaired) electrons. The molecule has 266 valence electrons. The molecule has 0 aliphatic carbocycles. The molecule has 3 aliphatic rings. The lowest BCUT2D eigenvalue weighted by molar-refractivity contribution is -0.136. The van der Waals surface area contributed by atoms with Gasteiger partial charge in [0.2, 0.25) is 17.8 Å². The number of benzene rings is 3. The third kappa shape index (κ3) is 7.35. The minimum absolute atomic E-state index is 0.0696. The number of aromatic nitrogens is 2. The zero-order valence-corrected chi connectivity index (χ0v) is 29.9. The van der Waals surface area contributed by atoms with Crippen molar-refractivity contribution in [3.05, 3.63) is 117 Å². The highest BCUT2D eigenvalue weighted by atomic mass is 35.5. The SMILES string of the molecule is CC(C)(c1ccc(OCc2ccnc(N3CCC(C#Cc4ccc5c(c4)C(=O)N(C4CCC(=O)NC4=O)C5=O)CC3)n2)cc1)c1cc(Cl)cc(C#N)c1. The van der Waals surface area contributed by atoms with Crippen LogP contribution in [0.1, 0.15) is 88.2 Å². The van der Waals surface area contributed by atoms with Crippen molar-refractivity contribution >= 4 is 41.2 Å². The van der Waals surface area contributed by atoms with E-state index in [9.17, 15) is 24.4 Å². The Labute approximate surface area is 311 Å². The molecule has 2 saturated heterocycles. The van der Waals surface area contributed by atoms with E-state index < -0.39 is 29.7 Å². The van der Waals surface area contributed by atoms with Gasteiger partial charge in [-0.25, -0.2) is 9.97 Å². The summed E-state index contributed by atoms with van der Waals surface area (Å²) in [6.45, 7) is 5.91. The second kappa shape index (κ2) is 14.5. The van der Waals surface area contributed by atoms with Gasteiger partial charge in [-0.05, 0) is 85.0 Å². The number of rotatable bonds is 7. The van der Waals surface area contributed by atoms with Gasteiger partial charge in [0, 0.05) is 47.6 Å². The van der Waals surface area contributed by atoms with Crippen molar-refractivity contribution in [1.82, 2.24) is 20.2 Å². The van der Waals surface area contributed by atoms with Crippen LogP contribution in [0.3, 0.4) is 0 Å². The summed E-state index contributed by atoms with van der Waals surface area (Å²) in [5.41, 5.74) is 3.98. The van der Waals surface area contributed by atoms with Crippen molar-refractivity contribution in [2.45, 2.75) is 57.6 Å². The van der Waals surface area contributed by atoms with Crippen molar-refractivity contribution < 1.29 is 23.9 Å². The summed E-state index contributed by atoms with van der Waals surface area (Å²) in [6.07, 6.45) is 3.52. The molecule has 4 heterocycles. The molecule has 0 bridgehead atoms. The number of halogens is 1. The number of hydrogen-bond acceptors (Lipinski definition) is 9. The van der Waals surface area contributed by atoms with Crippen molar-refractivity contribution in [2.24, 2.45) is 5.92 Å². The number of nitrogens with one attached hydrogen (secondary N) is 1. The van der Waals surface area contributed by atoms with E-state index in [0.29, 0.717) is 27.8 Å². The van der Waals surface area contributed by atoms with Gasteiger partial charge in [0.1, 0.15) is 18.4 Å². The molecule has 12 heteroatoms. The van der Waals surface area contributed by atoms with Gasteiger partial charge in [0.15, 0.2) is 0 Å². The van der Waals surface area contributed by atoms with Crippen molar-refractivity contribution in [3.63, 3.8) is 0 Å². The van der Waals surface area contributed by atoms with Crippen LogP contribution < -0.4 is 15.0 Å². The van der Waals surface area contributed by atoms with E-state index >= 15 is 0 Å². The van der Waals surface area contributed by atoms with Crippen LogP contribution in [0.25, 0.3) is 0 Å². The lowest BCUT2D eigenvalue weighted by Gasteiger charge is -2.30. The number of ether oxygens (including phenoxy) is 1. The molecule has 3 aliphatic heterocycles. The summed E-state index contributed by atoms with van der Waals surface area (Å²) >= 11 is 6.27. The maximum atomic E-state index is 13.2. The van der Waals surface area contributed by atoms with Gasteiger partial charge >= 0.3 is 0 Å². The van der Waals surface area contributed by atoms with Crippen LogP contribution in [0.15, 0.2) is 72.9 Å². The molecule has 4 aromatic rings. The van der Waals surface area contributed by atoms with E-state index in [1.165, 1.54) is 0 Å². The van der Waals surface area contributed by atoms with Gasteiger partial charge in [0.25, 0.3) is 11.8 Å². The molecule has 1 atom stereocenters. The van der Waals surface area contributed by atoms with E-state index in [-0.39, 0.29) is 41.9 Å². The number of imide groups is 2. The van der Waals surface area contributed by atoms with E-state index in [1.807, 2.05) is 42.5 Å². The standard InChI is InChI=1S/C41H35ClN6O5/c1-41(2,29-19-27(23-43)20-30(42)22-29)28-6-8-32(9-7-28)53-24-31-13-16-44-40(45-31)47-17-14-25(15-18-47)3-4-26-5-10-33-34(21-26)39(52)48(38(33)51)35-11-12-36(49)46-37(35)50/h5-10,13,16,19-22,25,35H,11-12,14-15,17-18,24H2,1-2H3,(H,46,49,50). The first-order valence-corrected chi connectivity index (χ1v) is 17.8. The lowest BCUT2D eigenvalue weighted by Crippen LogP contribution is -2.54. The highest BCUT2D eigenvalue weighted by molar-refractivity contribution is 6.30. The zero-order valence-electron chi connectivity index (χ0n) is 29.2. The first-order valence-electron chi connectivity index (χ1n) is 17.4. The van der Waals surface area contributed by atoms with Crippen molar-refractivity contribution in [2.75, 3.05) is 18.0 Å². The van der Waals surface area contributed by atoms with E-state index in [2.05, 4.69) is 47.0 Å². The smallest absolute Gasteiger partial charge is 0.262 e. The maximum Gasteiger partial charge on any atom is 0.262 e. The van der Waals surface area contributed by atoms with Gasteiger partial charge in [-0.3, -0.25) is 29.4 Å². The molecule has 2 fully saturated rings. The fourth-order valence-corrected chi connectivity index (χ4v) is 7.12. The molecule has 0 spiro atoms. The number of hydrogen-bond donors (Lipinski definition) is 1. The quantitative estimate of drug-likeness (QED) is 0.191. The van der Waals surface area contributed by atoms with Gasteiger partial charge in [-0.1, -0.05) is 49.4 Å². The number of nitrogens with zero attached hydrogens (tertiary/aromatic N) is 5. The lowest BCUT2D eigenvalue weighted by atomic mass is 9.78. The molecular formula is C41H35ClN6O5. The third-order valence-corrected chi connectivity index (χ3v) is 10.3. The number of carbonyl (C=O) groups excluding carboxylic acids is 4. The van der Waals surface area contributed by atoms with Crippen LogP contribution in [0.5, 0.6) is 5.75 Å². The van der Waals surface area contributed by atoms with E-state index in [4.69, 9.17) is 21.3 Å². The Kier molecular flexibility index (Phi) is 9.70. The highest BCUT2D eigenvalue weighted by Crippen LogP contribution is 2.35. The molecule has 11 nitrogen and oxygen atoms in total. The molecule has 1 aromatic heterocycles. The second-order valence-electron chi connectivity index (χ2n) is 13.9. The summed E-state index contributed by atoms with van der Waals surface area (Å²) in [5.74, 6) is 5.83. The number of anilines is 1. The molecule has 3 aromatic carbocycles. The first-order chi connectivity index (χ1) is 25.5. The zero-order chi connectivity index (χ0) is 37.3. The first kappa shape index (κ1) is 35.4. The van der Waals surface area contributed by atoms with Crippen molar-refractivity contribution in [1.29, 1.82) is 5.26 Å². The summed E-state index contributed by atoms with van der Waals surface area (Å²) in [6, 6.07) is 21.2. The summed E-state index contributed by atoms with van der Waals surface area (Å²) < 4.78 is 6.08. The Hall–Kier alpha value is -6.04. The van der Waals surface area contributed by atoms with Gasteiger partial charge < -0.3 is 9.64 Å². The second-order valence-corrected chi connectivity index (χ2v) is 14.3. The van der Waals surface area contributed by atoms with Crippen LogP contribution in [0.4, 0.5) is 5.95 Å². The van der Waals surface area contributed by atoms with Crippen LogP contribution in [0, 0.1) is 29.1 Å². The Bertz CT molecular complexity index is 2250. The molecule has 53 heavy (non-hydrogen) atoms. The molecule has 7 rings (SSSR count). The highest BCUT2D eigenvalue weighted by Gasteiger charge is 2.44. The van der Waals surface area contributed by atoms with Gasteiger partial charge in [0.05, 0.1) is 28.5 Å². The monoisotopic (exact) mass is 726 g/mol. The Balaban J connectivity index is 0.931. The number of carbonyl (C=O) groups is 4. The maximum absolute atomic E-state index is 13.2. The van der Waals surface area contributed by atoms with Crippen molar-refractivity contribution in [3.8, 4) is 23.7 Å². The number of nitriles is 1. The van der Waals surface area contributed by atoms with Crippen LogP contribution in [0.2, 0.25) is 5.02 Å². The molecule has 1 unspecified atom stereocenters. The van der Waals surface area contributed by atoms with Crippen LogP contribution in [-0.4, -0.2) is 57.6 Å². The van der Waals surface area contributed by atoms with Gasteiger partial charge in [-0.15, -0.1) is 0 Å². The molecule has 4 amide bonds. The fourth-order valence-electron chi connectivity index (χ4n) is 6.88. The summed E-state index contributed by atoms with van der Waals surface area (Å²) in [5, 5.41) is 12.1. The number of fused-ring (bicyclic) bond motifs is 1. The van der Waals surface area contributed by atoms with Crippen LogP contribution >= 0.6 is 11.6 Å². The van der Waals surface area contributed by atoms with Gasteiger partial charge in [-0.2, -0.15) is 5.26 Å². The predicted molar refractivity (Wildman–Crippen MR) is 196 cm³/mol. The molecule has 0 saturated carbocycles. The topological polar surface area (TPSA) is 146 Å². The average Bonchev–Trinajstić information content (AvgIpc) is 3.41. The number of amides is 4. The summed E-state index contributed by atoms with van der Waals surface area (Å²) in [7, 11) is 0. The minimum atomic E-state index is -1.00. The largest absolute Gasteiger partial charge is 0.487 e. The van der Waals surface area contributed by atoms with E-state index in [1.54, 1.807) is 30.5 Å². The predicted octanol–water partition coefficient (Wildman–Crippen LogP) is 5.58. The summed E-state index contributed by atoms with van der Waals surface area (Å²) in [4.78, 5) is 62.4. The number of piperidine rings is 2. The van der Waals surface area contributed by atoms with Crippen LogP contribution in [-0.2, 0) is 21.6 Å².